The molecule has 2 aliphatic rings. The van der Waals surface area contributed by atoms with Crippen LogP contribution in [0.3, 0.4) is 0 Å². The number of carbonyl (C=O) groups is 1. The van der Waals surface area contributed by atoms with Gasteiger partial charge in [-0.05, 0) is 31.5 Å². The van der Waals surface area contributed by atoms with Crippen LogP contribution >= 0.6 is 0 Å². The van der Waals surface area contributed by atoms with Crippen LogP contribution in [0.1, 0.15) is 25.8 Å². The van der Waals surface area contributed by atoms with E-state index in [2.05, 4.69) is 48.3 Å². The Bertz CT molecular complexity index is 839. The van der Waals surface area contributed by atoms with Gasteiger partial charge < -0.3 is 19.7 Å². The quantitative estimate of drug-likeness (QED) is 0.812. The lowest BCUT2D eigenvalue weighted by atomic mass is 10.1. The molecule has 6 heteroatoms. The third kappa shape index (κ3) is 4.94. The minimum absolute atomic E-state index is 0.0449. The molecule has 2 aromatic carbocycles. The minimum Gasteiger partial charge on any atom is -0.486 e. The maximum Gasteiger partial charge on any atom is 0.322 e. The normalized spacial score (nSPS) is 24.6. The van der Waals surface area contributed by atoms with Crippen molar-refractivity contribution in [3.05, 3.63) is 60.2 Å². The van der Waals surface area contributed by atoms with Crippen molar-refractivity contribution in [2.75, 3.05) is 31.6 Å². The summed E-state index contributed by atoms with van der Waals surface area (Å²) in [4.78, 5) is 17.5. The number of urea groups is 1. The maximum absolute atomic E-state index is 13.1. The smallest absolute Gasteiger partial charge is 0.322 e. The summed E-state index contributed by atoms with van der Waals surface area (Å²) >= 11 is 0. The van der Waals surface area contributed by atoms with Gasteiger partial charge in [0.2, 0.25) is 0 Å². The highest BCUT2D eigenvalue weighted by atomic mass is 16.5. The molecule has 0 radical (unpaired) electrons. The Morgan fingerprint density at radius 3 is 2.60 bits per heavy atom. The fraction of sp³-hybridized carbons (Fsp3) is 0.458. The van der Waals surface area contributed by atoms with Gasteiger partial charge in [0.05, 0.1) is 18.9 Å². The molecule has 0 bridgehead atoms. The molecule has 0 aromatic heterocycles. The van der Waals surface area contributed by atoms with Crippen LogP contribution in [0.15, 0.2) is 54.6 Å². The van der Waals surface area contributed by atoms with Gasteiger partial charge in [-0.2, -0.15) is 0 Å². The van der Waals surface area contributed by atoms with Crippen molar-refractivity contribution in [3.63, 3.8) is 0 Å². The third-order valence-corrected chi connectivity index (χ3v) is 5.91. The maximum atomic E-state index is 13.1. The first-order chi connectivity index (χ1) is 14.6. The van der Waals surface area contributed by atoms with Gasteiger partial charge in [-0.25, -0.2) is 4.79 Å². The Labute approximate surface area is 178 Å². The zero-order chi connectivity index (χ0) is 20.9. The zero-order valence-corrected chi connectivity index (χ0v) is 17.8. The molecule has 6 nitrogen and oxygen atoms in total. The predicted molar refractivity (Wildman–Crippen MR) is 118 cm³/mol. The van der Waals surface area contributed by atoms with E-state index in [0.29, 0.717) is 24.6 Å². The number of benzene rings is 2. The molecule has 0 aliphatic carbocycles. The van der Waals surface area contributed by atoms with E-state index in [1.54, 1.807) is 0 Å². The van der Waals surface area contributed by atoms with E-state index in [1.165, 1.54) is 5.56 Å². The largest absolute Gasteiger partial charge is 0.486 e. The average molecular weight is 410 g/mol. The Morgan fingerprint density at radius 1 is 1.07 bits per heavy atom. The minimum atomic E-state index is -0.0765. The molecular weight excluding hydrogens is 378 g/mol. The summed E-state index contributed by atoms with van der Waals surface area (Å²) in [5.41, 5.74) is 2.01. The van der Waals surface area contributed by atoms with Crippen LogP contribution in [0.2, 0.25) is 0 Å². The highest BCUT2D eigenvalue weighted by Gasteiger charge is 2.32. The van der Waals surface area contributed by atoms with Gasteiger partial charge in [-0.3, -0.25) is 4.90 Å². The Kier molecular flexibility index (Phi) is 6.55. The van der Waals surface area contributed by atoms with E-state index in [4.69, 9.17) is 9.47 Å². The van der Waals surface area contributed by atoms with Gasteiger partial charge in [-0.15, -0.1) is 0 Å². The molecule has 30 heavy (non-hydrogen) atoms. The molecule has 0 saturated carbocycles. The molecule has 2 amide bonds. The molecule has 2 saturated heterocycles. The number of piperazine rings is 1. The van der Waals surface area contributed by atoms with Crippen LogP contribution in [0, 0.1) is 0 Å². The van der Waals surface area contributed by atoms with Crippen molar-refractivity contribution in [2.24, 2.45) is 0 Å². The molecule has 2 aliphatic heterocycles. The fourth-order valence-electron chi connectivity index (χ4n) is 4.16. The Morgan fingerprint density at radius 2 is 1.83 bits per heavy atom. The summed E-state index contributed by atoms with van der Waals surface area (Å²) in [7, 11) is 0. The van der Waals surface area contributed by atoms with Crippen molar-refractivity contribution in [2.45, 2.75) is 45.0 Å². The monoisotopic (exact) mass is 409 g/mol. The molecule has 4 rings (SSSR count). The van der Waals surface area contributed by atoms with Crippen molar-refractivity contribution in [3.8, 4) is 5.75 Å². The molecule has 0 spiro atoms. The van der Waals surface area contributed by atoms with Crippen molar-refractivity contribution < 1.29 is 14.3 Å². The number of nitrogens with zero attached hydrogens (tertiary/aromatic N) is 2. The lowest BCUT2D eigenvalue weighted by Gasteiger charge is -2.44. The van der Waals surface area contributed by atoms with Gasteiger partial charge in [0.15, 0.2) is 0 Å². The number of carbonyl (C=O) groups excluding carboxylic acids is 1. The standard InChI is InChI=1S/C24H31N3O3/c1-18-15-27(19(2)14-26(18)16-20-8-4-3-5-9-20)24(28)25-22-10-6-7-11-23(22)30-21-12-13-29-17-21/h3-11,18-19,21H,12-17H2,1-2H3,(H,25,28). The summed E-state index contributed by atoms with van der Waals surface area (Å²) in [6.07, 6.45) is 0.920. The summed E-state index contributed by atoms with van der Waals surface area (Å²) in [6, 6.07) is 18.5. The lowest BCUT2D eigenvalue weighted by molar-refractivity contribution is 0.0626. The molecule has 160 valence electrons. The second-order valence-electron chi connectivity index (χ2n) is 8.30. The molecule has 1 N–H and O–H groups in total. The van der Waals surface area contributed by atoms with E-state index in [1.807, 2.05) is 35.2 Å². The van der Waals surface area contributed by atoms with Gasteiger partial charge in [0.25, 0.3) is 0 Å². The summed E-state index contributed by atoms with van der Waals surface area (Å²) in [5.74, 6) is 0.699. The highest BCUT2D eigenvalue weighted by Crippen LogP contribution is 2.28. The number of para-hydroxylation sites is 2. The van der Waals surface area contributed by atoms with Crippen molar-refractivity contribution in [1.29, 1.82) is 0 Å². The van der Waals surface area contributed by atoms with E-state index >= 15 is 0 Å². The van der Waals surface area contributed by atoms with Crippen molar-refractivity contribution in [1.82, 2.24) is 9.80 Å². The number of hydrogen-bond acceptors (Lipinski definition) is 4. The number of nitrogens with one attached hydrogen (secondary N) is 1. The van der Waals surface area contributed by atoms with Crippen LogP contribution in [-0.4, -0.2) is 60.3 Å². The lowest BCUT2D eigenvalue weighted by Crippen LogP contribution is -2.58. The number of anilines is 1. The molecule has 3 atom stereocenters. The van der Waals surface area contributed by atoms with Crippen LogP contribution in [-0.2, 0) is 11.3 Å². The molecule has 3 unspecified atom stereocenters. The zero-order valence-electron chi connectivity index (χ0n) is 17.8. The van der Waals surface area contributed by atoms with Crippen LogP contribution < -0.4 is 10.1 Å². The van der Waals surface area contributed by atoms with Crippen LogP contribution in [0.5, 0.6) is 5.75 Å². The highest BCUT2D eigenvalue weighted by molar-refractivity contribution is 5.91. The van der Waals surface area contributed by atoms with E-state index in [0.717, 1.165) is 26.1 Å². The SMILES string of the molecule is CC1CN(C(=O)Nc2ccccc2OC2CCOC2)C(C)CN1Cc1ccccc1. The van der Waals surface area contributed by atoms with Gasteiger partial charge in [0.1, 0.15) is 11.9 Å². The number of amides is 2. The van der Waals surface area contributed by atoms with E-state index in [9.17, 15) is 4.79 Å². The summed E-state index contributed by atoms with van der Waals surface area (Å²) in [6.45, 7) is 8.07. The second kappa shape index (κ2) is 9.49. The molecule has 2 fully saturated rings. The van der Waals surface area contributed by atoms with Crippen LogP contribution in [0.4, 0.5) is 10.5 Å². The molecule has 2 heterocycles. The second-order valence-corrected chi connectivity index (χ2v) is 8.30. The topological polar surface area (TPSA) is 54.0 Å². The van der Waals surface area contributed by atoms with Gasteiger partial charge in [-0.1, -0.05) is 42.5 Å². The first-order valence-corrected chi connectivity index (χ1v) is 10.8. The first kappa shape index (κ1) is 20.7. The van der Waals surface area contributed by atoms with Crippen LogP contribution in [0.25, 0.3) is 0 Å². The van der Waals surface area contributed by atoms with E-state index < -0.39 is 0 Å². The van der Waals surface area contributed by atoms with Crippen molar-refractivity contribution >= 4 is 11.7 Å². The summed E-state index contributed by atoms with van der Waals surface area (Å²) in [5, 5.41) is 3.07. The van der Waals surface area contributed by atoms with Gasteiger partial charge in [0, 0.05) is 38.1 Å². The summed E-state index contributed by atoms with van der Waals surface area (Å²) < 4.78 is 11.5. The first-order valence-electron chi connectivity index (χ1n) is 10.8. The Balaban J connectivity index is 1.38. The average Bonchev–Trinajstić information content (AvgIpc) is 3.26. The molecular formula is C24H31N3O3. The third-order valence-electron chi connectivity index (χ3n) is 5.91. The predicted octanol–water partition coefficient (Wildman–Crippen LogP) is 3.98. The number of hydrogen-bond donors (Lipinski definition) is 1. The number of rotatable bonds is 5. The number of ether oxygens (including phenoxy) is 2. The van der Waals surface area contributed by atoms with E-state index in [-0.39, 0.29) is 24.2 Å². The molecule has 2 aromatic rings. The fourth-order valence-corrected chi connectivity index (χ4v) is 4.16. The van der Waals surface area contributed by atoms with Gasteiger partial charge >= 0.3 is 6.03 Å². The Hall–Kier alpha value is -2.57.